The normalized spacial score (nSPS) is 13.4. The van der Waals surface area contributed by atoms with Gasteiger partial charge >= 0.3 is 0 Å². The van der Waals surface area contributed by atoms with Crippen LogP contribution in [-0.4, -0.2) is 9.55 Å². The second-order valence-electron chi connectivity index (χ2n) is 5.27. The zero-order valence-electron chi connectivity index (χ0n) is 11.3. The van der Waals surface area contributed by atoms with E-state index >= 15 is 0 Å². The number of alkyl halides is 1. The van der Waals surface area contributed by atoms with Gasteiger partial charge in [-0.2, -0.15) is 0 Å². The second-order valence-corrected chi connectivity index (χ2v) is 6.69. The van der Waals surface area contributed by atoms with E-state index in [1.807, 2.05) is 22.6 Å². The quantitative estimate of drug-likeness (QED) is 0.519. The Hall–Kier alpha value is -0.360. The number of benzene rings is 1. The Kier molecular flexibility index (Phi) is 4.71. The van der Waals surface area contributed by atoms with Gasteiger partial charge in [0.15, 0.2) is 0 Å². The van der Waals surface area contributed by atoms with Crippen LogP contribution in [-0.2, 0) is 5.88 Å². The van der Waals surface area contributed by atoms with Gasteiger partial charge in [-0.05, 0) is 47.9 Å². The van der Waals surface area contributed by atoms with Crippen LogP contribution in [0, 0.1) is 15.3 Å². The van der Waals surface area contributed by atoms with Crippen molar-refractivity contribution in [2.45, 2.75) is 39.1 Å². The highest BCUT2D eigenvalue weighted by Crippen LogP contribution is 2.28. The first-order valence-corrected chi connectivity index (χ1v) is 7.97. The van der Waals surface area contributed by atoms with Crippen LogP contribution < -0.4 is 0 Å². The van der Waals surface area contributed by atoms with E-state index in [1.165, 1.54) is 0 Å². The van der Waals surface area contributed by atoms with Gasteiger partial charge in [0.2, 0.25) is 0 Å². The lowest BCUT2D eigenvalue weighted by atomic mass is 10.0. The molecule has 0 fully saturated rings. The molecule has 0 amide bonds. The Balaban J connectivity index is 2.59. The van der Waals surface area contributed by atoms with Crippen molar-refractivity contribution in [3.8, 4) is 0 Å². The fraction of sp³-hybridized carbons (Fsp3) is 0.500. The van der Waals surface area contributed by atoms with Gasteiger partial charge in [0.05, 0.1) is 20.5 Å². The van der Waals surface area contributed by atoms with Gasteiger partial charge in [-0.25, -0.2) is 9.37 Å². The fourth-order valence-corrected chi connectivity index (χ4v) is 3.15. The van der Waals surface area contributed by atoms with Crippen molar-refractivity contribution in [2.75, 3.05) is 0 Å². The average Bonchev–Trinajstić information content (AvgIpc) is 2.66. The van der Waals surface area contributed by atoms with Gasteiger partial charge in [0, 0.05) is 12.1 Å². The fourth-order valence-electron chi connectivity index (χ4n) is 2.51. The van der Waals surface area contributed by atoms with E-state index in [0.717, 1.165) is 23.3 Å². The first kappa shape index (κ1) is 15.0. The maximum absolute atomic E-state index is 13.8. The van der Waals surface area contributed by atoms with Crippen LogP contribution in [0.15, 0.2) is 12.1 Å². The van der Waals surface area contributed by atoms with E-state index < -0.39 is 0 Å². The molecule has 0 saturated carbocycles. The molecular formula is C14H17ClFIN2. The third-order valence-electron chi connectivity index (χ3n) is 3.18. The van der Waals surface area contributed by atoms with Gasteiger partial charge < -0.3 is 4.57 Å². The van der Waals surface area contributed by atoms with Crippen LogP contribution in [0.5, 0.6) is 0 Å². The Labute approximate surface area is 131 Å². The molecule has 104 valence electrons. The van der Waals surface area contributed by atoms with Crippen molar-refractivity contribution in [3.63, 3.8) is 0 Å². The van der Waals surface area contributed by atoms with Gasteiger partial charge in [0.1, 0.15) is 11.6 Å². The molecule has 0 N–H and O–H groups in total. The number of fused-ring (bicyclic) bond motifs is 1. The lowest BCUT2D eigenvalue weighted by Gasteiger charge is -2.19. The molecule has 19 heavy (non-hydrogen) atoms. The Morgan fingerprint density at radius 1 is 1.37 bits per heavy atom. The lowest BCUT2D eigenvalue weighted by molar-refractivity contribution is 0.428. The minimum atomic E-state index is -0.202. The van der Waals surface area contributed by atoms with Crippen molar-refractivity contribution in [1.82, 2.24) is 9.55 Å². The van der Waals surface area contributed by atoms with Crippen molar-refractivity contribution in [1.29, 1.82) is 0 Å². The number of nitrogens with zero attached hydrogens (tertiary/aromatic N) is 2. The lowest BCUT2D eigenvalue weighted by Crippen LogP contribution is -2.11. The SMILES string of the molecule is CC(C)CC(C)n1c(CCl)nc2cc(I)c(F)cc21. The van der Waals surface area contributed by atoms with E-state index in [0.29, 0.717) is 15.4 Å². The first-order valence-electron chi connectivity index (χ1n) is 6.35. The summed E-state index contributed by atoms with van der Waals surface area (Å²) in [6, 6.07) is 3.61. The van der Waals surface area contributed by atoms with Gasteiger partial charge in [-0.3, -0.25) is 0 Å². The molecule has 1 aromatic carbocycles. The molecule has 1 unspecified atom stereocenters. The summed E-state index contributed by atoms with van der Waals surface area (Å²) in [5.74, 6) is 1.53. The Morgan fingerprint density at radius 2 is 2.05 bits per heavy atom. The molecule has 0 aliphatic heterocycles. The number of aromatic nitrogens is 2. The molecule has 0 aliphatic rings. The third kappa shape index (κ3) is 3.05. The molecule has 2 nitrogen and oxygen atoms in total. The molecular weight excluding hydrogens is 378 g/mol. The first-order chi connectivity index (χ1) is 8.93. The molecule has 0 bridgehead atoms. The highest BCUT2D eigenvalue weighted by atomic mass is 127. The summed E-state index contributed by atoms with van der Waals surface area (Å²) in [6.45, 7) is 6.49. The van der Waals surface area contributed by atoms with Crippen LogP contribution in [0.1, 0.15) is 39.1 Å². The molecule has 1 atom stereocenters. The monoisotopic (exact) mass is 394 g/mol. The van der Waals surface area contributed by atoms with E-state index in [4.69, 9.17) is 11.6 Å². The Bertz CT molecular complexity index is 595. The molecule has 0 spiro atoms. The smallest absolute Gasteiger partial charge is 0.138 e. The van der Waals surface area contributed by atoms with Crippen LogP contribution in [0.25, 0.3) is 11.0 Å². The van der Waals surface area contributed by atoms with Crippen molar-refractivity contribution in [2.24, 2.45) is 5.92 Å². The van der Waals surface area contributed by atoms with E-state index in [2.05, 4.69) is 30.3 Å². The largest absolute Gasteiger partial charge is 0.324 e. The summed E-state index contributed by atoms with van der Waals surface area (Å²) < 4.78 is 16.4. The minimum Gasteiger partial charge on any atom is -0.324 e. The number of imidazole rings is 1. The molecule has 2 aromatic rings. The van der Waals surface area contributed by atoms with Crippen LogP contribution in [0.3, 0.4) is 0 Å². The predicted octanol–water partition coefficient (Wildman–Crippen LogP) is 5.13. The van der Waals surface area contributed by atoms with E-state index in [1.54, 1.807) is 12.1 Å². The minimum absolute atomic E-state index is 0.202. The molecule has 1 heterocycles. The molecule has 0 saturated heterocycles. The molecule has 5 heteroatoms. The van der Waals surface area contributed by atoms with E-state index in [-0.39, 0.29) is 11.9 Å². The van der Waals surface area contributed by atoms with E-state index in [9.17, 15) is 4.39 Å². The molecule has 2 rings (SSSR count). The summed E-state index contributed by atoms with van der Waals surface area (Å²) in [5.41, 5.74) is 1.65. The number of halogens is 3. The number of hydrogen-bond acceptors (Lipinski definition) is 1. The van der Waals surface area contributed by atoms with Crippen LogP contribution in [0.4, 0.5) is 4.39 Å². The van der Waals surface area contributed by atoms with Gasteiger partial charge in [-0.15, -0.1) is 11.6 Å². The van der Waals surface area contributed by atoms with Crippen molar-refractivity contribution >= 4 is 45.2 Å². The highest BCUT2D eigenvalue weighted by Gasteiger charge is 2.17. The topological polar surface area (TPSA) is 17.8 Å². The number of hydrogen-bond donors (Lipinski definition) is 0. The number of rotatable bonds is 4. The highest BCUT2D eigenvalue weighted by molar-refractivity contribution is 14.1. The zero-order chi connectivity index (χ0) is 14.2. The zero-order valence-corrected chi connectivity index (χ0v) is 14.2. The molecule has 1 aromatic heterocycles. The van der Waals surface area contributed by atoms with Crippen molar-refractivity contribution < 1.29 is 4.39 Å². The summed E-state index contributed by atoms with van der Waals surface area (Å²) in [7, 11) is 0. The standard InChI is InChI=1S/C14H17ClFIN2/c1-8(2)4-9(3)19-13-5-10(16)11(17)6-12(13)18-14(19)7-15/h5-6,8-9H,4,7H2,1-3H3. The summed E-state index contributed by atoms with van der Waals surface area (Å²) in [6.07, 6.45) is 1.02. The Morgan fingerprint density at radius 3 is 2.63 bits per heavy atom. The third-order valence-corrected chi connectivity index (χ3v) is 4.24. The summed E-state index contributed by atoms with van der Waals surface area (Å²) in [5, 5.41) is 0. The maximum Gasteiger partial charge on any atom is 0.138 e. The van der Waals surface area contributed by atoms with Gasteiger partial charge in [-0.1, -0.05) is 13.8 Å². The van der Waals surface area contributed by atoms with Gasteiger partial charge in [0.25, 0.3) is 0 Å². The molecule has 0 radical (unpaired) electrons. The second kappa shape index (κ2) is 5.95. The van der Waals surface area contributed by atoms with Crippen LogP contribution in [0.2, 0.25) is 0 Å². The predicted molar refractivity (Wildman–Crippen MR) is 86.1 cm³/mol. The maximum atomic E-state index is 13.8. The average molecular weight is 395 g/mol. The van der Waals surface area contributed by atoms with Crippen molar-refractivity contribution in [3.05, 3.63) is 27.3 Å². The summed E-state index contributed by atoms with van der Waals surface area (Å²) >= 11 is 7.97. The molecule has 0 aliphatic carbocycles. The summed E-state index contributed by atoms with van der Waals surface area (Å²) in [4.78, 5) is 4.52. The van der Waals surface area contributed by atoms with Crippen LogP contribution >= 0.6 is 34.2 Å².